The van der Waals surface area contributed by atoms with Crippen LogP contribution in [0.2, 0.25) is 0 Å². The maximum atomic E-state index is 12.8. The van der Waals surface area contributed by atoms with Gasteiger partial charge in [-0.1, -0.05) is 36.9 Å². The molecule has 0 spiro atoms. The zero-order valence-corrected chi connectivity index (χ0v) is 15.4. The van der Waals surface area contributed by atoms with Gasteiger partial charge in [0.05, 0.1) is 17.0 Å². The summed E-state index contributed by atoms with van der Waals surface area (Å²) in [5.74, 6) is -0.287. The van der Waals surface area contributed by atoms with Crippen LogP contribution in [0.5, 0.6) is 0 Å². The van der Waals surface area contributed by atoms with Gasteiger partial charge in [-0.25, -0.2) is 4.99 Å². The van der Waals surface area contributed by atoms with Gasteiger partial charge in [-0.05, 0) is 36.8 Å². The van der Waals surface area contributed by atoms with Gasteiger partial charge in [-0.2, -0.15) is 14.8 Å². The predicted octanol–water partition coefficient (Wildman–Crippen LogP) is 3.36. The van der Waals surface area contributed by atoms with Gasteiger partial charge in [0.15, 0.2) is 0 Å². The van der Waals surface area contributed by atoms with E-state index in [0.717, 1.165) is 10.8 Å². The number of aromatic nitrogens is 2. The number of aliphatic imine (C=N–C) groups is 2. The molecule has 1 aliphatic rings. The molecule has 0 unspecified atom stereocenters. The molecule has 4 rings (SSSR count). The maximum absolute atomic E-state index is 12.8. The van der Waals surface area contributed by atoms with E-state index in [9.17, 15) is 9.59 Å². The summed E-state index contributed by atoms with van der Waals surface area (Å²) < 4.78 is 1.35. The number of benzene rings is 2. The number of aryl methyl sites for hydroxylation is 1. The molecule has 0 aliphatic carbocycles. The second-order valence-electron chi connectivity index (χ2n) is 6.49. The molecule has 2 aromatic carbocycles. The molecule has 0 saturated carbocycles. The van der Waals surface area contributed by atoms with Gasteiger partial charge < -0.3 is 5.32 Å². The summed E-state index contributed by atoms with van der Waals surface area (Å²) in [6.45, 7) is 7.12. The van der Waals surface area contributed by atoms with Crippen LogP contribution >= 0.6 is 0 Å². The zero-order valence-electron chi connectivity index (χ0n) is 15.4. The van der Waals surface area contributed by atoms with E-state index < -0.39 is 5.91 Å². The first-order valence-electron chi connectivity index (χ1n) is 8.67. The molecule has 2 amide bonds. The highest BCUT2D eigenvalue weighted by Crippen LogP contribution is 2.19. The number of carbonyl (C=O) groups excluding carboxylic acids is 2. The summed E-state index contributed by atoms with van der Waals surface area (Å²) in [5.41, 5.74) is 1.88. The van der Waals surface area contributed by atoms with E-state index in [4.69, 9.17) is 0 Å². The van der Waals surface area contributed by atoms with Crippen LogP contribution in [-0.4, -0.2) is 33.3 Å². The number of nitrogens with zero attached hydrogens (tertiary/aromatic N) is 4. The number of amides is 2. The lowest BCUT2D eigenvalue weighted by Crippen LogP contribution is -2.25. The molecular formula is C21H17N5O2. The third kappa shape index (κ3) is 3.14. The monoisotopic (exact) mass is 371 g/mol. The first-order valence-corrected chi connectivity index (χ1v) is 8.67. The molecule has 0 bridgehead atoms. The number of anilines is 1. The van der Waals surface area contributed by atoms with E-state index in [1.54, 1.807) is 26.0 Å². The Morgan fingerprint density at radius 2 is 1.79 bits per heavy atom. The van der Waals surface area contributed by atoms with Gasteiger partial charge in [-0.15, -0.1) is 0 Å². The minimum Gasteiger partial charge on any atom is -0.306 e. The number of hydrogen-bond donors (Lipinski definition) is 1. The maximum Gasteiger partial charge on any atom is 0.281 e. The number of fused-ring (bicyclic) bond motifs is 1. The molecule has 1 N–H and O–H groups in total. The number of carbonyl (C=O) groups is 2. The summed E-state index contributed by atoms with van der Waals surface area (Å²) in [6, 6.07) is 15.0. The van der Waals surface area contributed by atoms with Gasteiger partial charge in [-0.3, -0.25) is 9.59 Å². The zero-order chi connectivity index (χ0) is 19.8. The Bertz CT molecular complexity index is 1220. The van der Waals surface area contributed by atoms with Crippen LogP contribution in [0.25, 0.3) is 10.8 Å². The van der Waals surface area contributed by atoms with E-state index in [1.165, 1.54) is 4.68 Å². The lowest BCUT2D eigenvalue weighted by molar-refractivity contribution is -0.113. The third-order valence-electron chi connectivity index (χ3n) is 4.44. The minimum absolute atomic E-state index is 0.0943. The van der Waals surface area contributed by atoms with Gasteiger partial charge >= 0.3 is 0 Å². The van der Waals surface area contributed by atoms with Crippen molar-refractivity contribution in [3.63, 3.8) is 0 Å². The molecule has 7 heteroatoms. The van der Waals surface area contributed by atoms with Crippen molar-refractivity contribution in [2.24, 2.45) is 9.98 Å². The first kappa shape index (κ1) is 17.5. The van der Waals surface area contributed by atoms with Crippen LogP contribution in [0, 0.1) is 6.92 Å². The molecule has 1 aromatic heterocycles. The number of rotatable bonds is 2. The van der Waals surface area contributed by atoms with Crippen LogP contribution in [0.15, 0.2) is 70.7 Å². The molecule has 1 aliphatic heterocycles. The predicted molar refractivity (Wildman–Crippen MR) is 109 cm³/mol. The largest absolute Gasteiger partial charge is 0.306 e. The van der Waals surface area contributed by atoms with Gasteiger partial charge in [0.1, 0.15) is 5.82 Å². The van der Waals surface area contributed by atoms with Crippen molar-refractivity contribution in [2.45, 2.75) is 13.8 Å². The van der Waals surface area contributed by atoms with Crippen molar-refractivity contribution in [2.75, 3.05) is 5.32 Å². The van der Waals surface area contributed by atoms with Crippen LogP contribution in [0.1, 0.15) is 23.0 Å². The summed E-state index contributed by atoms with van der Waals surface area (Å²) in [5, 5.41) is 9.16. The lowest BCUT2D eigenvalue weighted by atomic mass is 10.1. The summed E-state index contributed by atoms with van der Waals surface area (Å²) >= 11 is 0. The van der Waals surface area contributed by atoms with Crippen molar-refractivity contribution in [1.29, 1.82) is 0 Å². The van der Waals surface area contributed by atoms with E-state index in [-0.39, 0.29) is 17.4 Å². The lowest BCUT2D eigenvalue weighted by Gasteiger charge is -2.13. The highest BCUT2D eigenvalue weighted by atomic mass is 16.2. The normalized spacial score (nSPS) is 14.1. The number of hydrogen-bond acceptors (Lipinski definition) is 4. The topological polar surface area (TPSA) is 88.7 Å². The van der Waals surface area contributed by atoms with Crippen molar-refractivity contribution >= 4 is 40.1 Å². The quantitative estimate of drug-likeness (QED) is 0.701. The molecule has 2 heterocycles. The Morgan fingerprint density at radius 3 is 2.54 bits per heavy atom. The average molecular weight is 371 g/mol. The fraction of sp³-hybridized carbons (Fsp3) is 0.0952. The summed E-state index contributed by atoms with van der Waals surface area (Å²) in [4.78, 5) is 32.9. The highest BCUT2D eigenvalue weighted by Gasteiger charge is 2.21. The smallest absolute Gasteiger partial charge is 0.281 e. The fourth-order valence-electron chi connectivity index (χ4n) is 2.91. The molecule has 138 valence electrons. The van der Waals surface area contributed by atoms with Crippen molar-refractivity contribution in [3.05, 3.63) is 71.9 Å². The Balaban J connectivity index is 1.67. The Labute approximate surface area is 161 Å². The van der Waals surface area contributed by atoms with Gasteiger partial charge in [0.25, 0.3) is 17.8 Å². The van der Waals surface area contributed by atoms with Gasteiger partial charge in [0.2, 0.25) is 0 Å². The molecule has 0 radical (unpaired) electrons. The molecule has 3 aromatic rings. The molecule has 28 heavy (non-hydrogen) atoms. The molecule has 7 nitrogen and oxygen atoms in total. The van der Waals surface area contributed by atoms with Gasteiger partial charge in [0, 0.05) is 11.6 Å². The average Bonchev–Trinajstić information content (AvgIpc) is 3.05. The molecule has 0 atom stereocenters. The van der Waals surface area contributed by atoms with E-state index in [1.807, 2.05) is 36.4 Å². The Morgan fingerprint density at radius 1 is 1.04 bits per heavy atom. The van der Waals surface area contributed by atoms with Crippen LogP contribution in [0.3, 0.4) is 0 Å². The summed E-state index contributed by atoms with van der Waals surface area (Å²) in [6.07, 6.45) is 0. The molecule has 0 fully saturated rings. The second kappa shape index (κ2) is 6.70. The first-order chi connectivity index (χ1) is 13.4. The standard InChI is InChI=1S/C21H17N5O2/c1-12-10-18(26(25-12)21-22-14(3)13(2)19(27)24-21)23-20(28)17-9-8-15-6-4-5-7-16(15)11-17/h4-11H,2H2,1,3H3,(H,23,28). The SMILES string of the molecule is C=C1C(=O)N=C(n2nc(C)cc2NC(=O)c2ccc3ccccc3c2)N=C1C. The summed E-state index contributed by atoms with van der Waals surface area (Å²) in [7, 11) is 0. The molecular weight excluding hydrogens is 354 g/mol. The number of nitrogens with one attached hydrogen (secondary N) is 1. The van der Waals surface area contributed by atoms with Crippen molar-refractivity contribution in [1.82, 2.24) is 9.78 Å². The van der Waals surface area contributed by atoms with Crippen LogP contribution in [-0.2, 0) is 4.79 Å². The van der Waals surface area contributed by atoms with E-state index in [0.29, 0.717) is 22.8 Å². The van der Waals surface area contributed by atoms with E-state index in [2.05, 4.69) is 27.0 Å². The van der Waals surface area contributed by atoms with Crippen LogP contribution in [0.4, 0.5) is 5.82 Å². The Hall–Kier alpha value is -3.87. The second-order valence-corrected chi connectivity index (χ2v) is 6.49. The fourth-order valence-corrected chi connectivity index (χ4v) is 2.91. The Kier molecular flexibility index (Phi) is 4.19. The molecule has 0 saturated heterocycles. The van der Waals surface area contributed by atoms with Crippen molar-refractivity contribution in [3.8, 4) is 0 Å². The van der Waals surface area contributed by atoms with E-state index >= 15 is 0 Å². The van der Waals surface area contributed by atoms with Crippen LogP contribution < -0.4 is 5.32 Å². The minimum atomic E-state index is -0.470. The third-order valence-corrected chi connectivity index (χ3v) is 4.44. The highest BCUT2D eigenvalue weighted by molar-refractivity contribution is 6.28. The van der Waals surface area contributed by atoms with Crippen molar-refractivity contribution < 1.29 is 9.59 Å².